The largest absolute Gasteiger partial charge is 0.406 e. The van der Waals surface area contributed by atoms with Gasteiger partial charge in [-0.2, -0.15) is 13.2 Å². The van der Waals surface area contributed by atoms with Gasteiger partial charge >= 0.3 is 6.18 Å². The summed E-state index contributed by atoms with van der Waals surface area (Å²) in [5, 5.41) is 5.87. The Bertz CT molecular complexity index is 409. The van der Waals surface area contributed by atoms with Crippen molar-refractivity contribution in [1.29, 1.82) is 0 Å². The molecular weight excluding hydrogens is 436 g/mol. The third-order valence-electron chi connectivity index (χ3n) is 3.18. The minimum atomic E-state index is -4.40. The smallest absolute Gasteiger partial charge is 0.354 e. The van der Waals surface area contributed by atoms with E-state index in [0.717, 1.165) is 19.9 Å². The fourth-order valence-electron chi connectivity index (χ4n) is 1.80. The van der Waals surface area contributed by atoms with Crippen molar-refractivity contribution in [2.75, 3.05) is 27.2 Å². The molecule has 0 aliphatic rings. The summed E-state index contributed by atoms with van der Waals surface area (Å²) >= 11 is 0. The van der Waals surface area contributed by atoms with Crippen LogP contribution in [0, 0.1) is 5.41 Å². The summed E-state index contributed by atoms with van der Waals surface area (Å²) in [6.45, 7) is 6.96. The molecule has 0 spiro atoms. The predicted molar refractivity (Wildman–Crippen MR) is 102 cm³/mol. The Labute approximate surface area is 159 Å². The summed E-state index contributed by atoms with van der Waals surface area (Å²) in [4.78, 5) is 16.3. The maximum atomic E-state index is 12.2. The molecule has 0 aromatic heterocycles. The number of nitrogens with zero attached hydrogens (tertiary/aromatic N) is 2. The highest BCUT2D eigenvalue weighted by Crippen LogP contribution is 2.21. The summed E-state index contributed by atoms with van der Waals surface area (Å²) < 4.78 is 36.7. The molecule has 0 aromatic rings. The van der Waals surface area contributed by atoms with Gasteiger partial charge in [-0.15, -0.1) is 24.0 Å². The van der Waals surface area contributed by atoms with Crippen LogP contribution in [0.1, 0.15) is 40.5 Å². The van der Waals surface area contributed by atoms with Gasteiger partial charge in [-0.05, 0) is 25.2 Å². The maximum Gasteiger partial charge on any atom is 0.406 e. The first-order chi connectivity index (χ1) is 10.3. The molecule has 0 aromatic carbocycles. The number of carbonyl (C=O) groups is 1. The summed E-state index contributed by atoms with van der Waals surface area (Å²) in [5.41, 5.74) is 0.225. The van der Waals surface area contributed by atoms with Crippen LogP contribution in [0.3, 0.4) is 0 Å². The number of aliphatic imine (C=N–C) groups is 1. The first-order valence-corrected chi connectivity index (χ1v) is 7.62. The van der Waals surface area contributed by atoms with E-state index in [1.165, 1.54) is 0 Å². The molecule has 0 rings (SSSR count). The van der Waals surface area contributed by atoms with E-state index >= 15 is 0 Å². The Morgan fingerprint density at radius 3 is 2.21 bits per heavy atom. The first-order valence-electron chi connectivity index (χ1n) is 7.62. The number of likely N-dealkylation sites (N-methyl/N-ethyl adjacent to an activating group) is 1. The molecule has 0 fully saturated rings. The van der Waals surface area contributed by atoms with E-state index in [-0.39, 0.29) is 42.0 Å². The summed E-state index contributed by atoms with van der Waals surface area (Å²) in [6, 6.07) is 0.142. The molecule has 5 nitrogen and oxygen atoms in total. The number of hydrogen-bond donors (Lipinski definition) is 2. The van der Waals surface area contributed by atoms with Gasteiger partial charge in [-0.25, -0.2) is 0 Å². The van der Waals surface area contributed by atoms with E-state index < -0.39 is 18.6 Å². The molecule has 0 bridgehead atoms. The number of carbonyl (C=O) groups excluding carboxylic acids is 1. The van der Waals surface area contributed by atoms with Gasteiger partial charge in [0.25, 0.3) is 0 Å². The molecular formula is C15H30F3IN4O. The lowest BCUT2D eigenvalue weighted by atomic mass is 9.89. The highest BCUT2D eigenvalue weighted by Gasteiger charge is 2.31. The molecule has 24 heavy (non-hydrogen) atoms. The zero-order valence-electron chi connectivity index (χ0n) is 15.3. The maximum absolute atomic E-state index is 12.2. The lowest BCUT2D eigenvalue weighted by Crippen LogP contribution is -2.47. The lowest BCUT2D eigenvalue weighted by molar-refractivity contribution is -0.157. The summed E-state index contributed by atoms with van der Waals surface area (Å²) in [6.07, 6.45) is -2.46. The topological polar surface area (TPSA) is 56.7 Å². The molecule has 1 amide bonds. The van der Waals surface area contributed by atoms with Crippen LogP contribution in [0.2, 0.25) is 0 Å². The normalized spacial score (nSPS) is 13.8. The van der Waals surface area contributed by atoms with Gasteiger partial charge in [0, 0.05) is 20.1 Å². The minimum absolute atomic E-state index is 0. The van der Waals surface area contributed by atoms with Crippen LogP contribution >= 0.6 is 24.0 Å². The number of amides is 1. The van der Waals surface area contributed by atoms with Crippen LogP contribution in [0.5, 0.6) is 0 Å². The van der Waals surface area contributed by atoms with Gasteiger partial charge in [0.2, 0.25) is 5.91 Å². The van der Waals surface area contributed by atoms with Crippen molar-refractivity contribution in [2.45, 2.75) is 52.8 Å². The van der Waals surface area contributed by atoms with E-state index in [0.29, 0.717) is 10.9 Å². The zero-order valence-corrected chi connectivity index (χ0v) is 17.6. The quantitative estimate of drug-likeness (QED) is 0.360. The SMILES string of the molecule is CN=C(NCC(=O)N(C)CC(F)(F)F)NC(C)CCC(C)(C)C.I. The van der Waals surface area contributed by atoms with Crippen molar-refractivity contribution >= 4 is 35.8 Å². The molecule has 2 N–H and O–H groups in total. The number of halogens is 4. The Morgan fingerprint density at radius 2 is 1.79 bits per heavy atom. The molecule has 0 saturated carbocycles. The third-order valence-corrected chi connectivity index (χ3v) is 3.18. The van der Waals surface area contributed by atoms with Crippen LogP contribution < -0.4 is 10.6 Å². The molecule has 0 radical (unpaired) electrons. The van der Waals surface area contributed by atoms with E-state index in [9.17, 15) is 18.0 Å². The standard InChI is InChI=1S/C15H29F3N4O.HI/c1-11(7-8-14(2,3)4)21-13(19-5)20-9-12(23)22(6)10-15(16,17)18;/h11H,7-10H2,1-6H3,(H2,19,20,21);1H. The monoisotopic (exact) mass is 466 g/mol. The number of rotatable bonds is 6. The van der Waals surface area contributed by atoms with Gasteiger partial charge < -0.3 is 15.5 Å². The lowest BCUT2D eigenvalue weighted by Gasteiger charge is -2.23. The van der Waals surface area contributed by atoms with Gasteiger partial charge in [-0.3, -0.25) is 9.79 Å². The molecule has 0 aliphatic heterocycles. The molecule has 144 valence electrons. The average molecular weight is 466 g/mol. The second kappa shape index (κ2) is 11.0. The van der Waals surface area contributed by atoms with E-state index in [1.807, 2.05) is 6.92 Å². The summed E-state index contributed by atoms with van der Waals surface area (Å²) in [7, 11) is 2.68. The number of nitrogens with one attached hydrogen (secondary N) is 2. The molecule has 9 heteroatoms. The van der Waals surface area contributed by atoms with E-state index in [2.05, 4.69) is 36.4 Å². The fraction of sp³-hybridized carbons (Fsp3) is 0.867. The van der Waals surface area contributed by atoms with Crippen molar-refractivity contribution < 1.29 is 18.0 Å². The van der Waals surface area contributed by atoms with Crippen LogP contribution in [0.4, 0.5) is 13.2 Å². The molecule has 0 saturated heterocycles. The predicted octanol–water partition coefficient (Wildman–Crippen LogP) is 3.00. The van der Waals surface area contributed by atoms with Crippen LogP contribution in [0.15, 0.2) is 4.99 Å². The first kappa shape index (κ1) is 25.5. The highest BCUT2D eigenvalue weighted by atomic mass is 127. The number of alkyl halides is 3. The number of hydrogen-bond acceptors (Lipinski definition) is 2. The van der Waals surface area contributed by atoms with Crippen molar-refractivity contribution in [3.63, 3.8) is 0 Å². The van der Waals surface area contributed by atoms with E-state index in [4.69, 9.17) is 0 Å². The Balaban J connectivity index is 0. The van der Waals surface area contributed by atoms with Crippen molar-refractivity contribution in [1.82, 2.24) is 15.5 Å². The average Bonchev–Trinajstić information content (AvgIpc) is 2.37. The second-order valence-electron chi connectivity index (χ2n) is 6.94. The van der Waals surface area contributed by atoms with Gasteiger partial charge in [-0.1, -0.05) is 20.8 Å². The molecule has 1 atom stereocenters. The molecule has 0 heterocycles. The van der Waals surface area contributed by atoms with Gasteiger partial charge in [0.15, 0.2) is 5.96 Å². The van der Waals surface area contributed by atoms with Crippen LogP contribution in [-0.2, 0) is 4.79 Å². The zero-order chi connectivity index (χ0) is 18.3. The Kier molecular flexibility index (Phi) is 11.7. The number of guanidine groups is 1. The van der Waals surface area contributed by atoms with Crippen molar-refractivity contribution in [3.8, 4) is 0 Å². The van der Waals surface area contributed by atoms with Crippen LogP contribution in [-0.4, -0.2) is 56.2 Å². The molecule has 1 unspecified atom stereocenters. The minimum Gasteiger partial charge on any atom is -0.354 e. The van der Waals surface area contributed by atoms with Gasteiger partial charge in [0.05, 0.1) is 6.54 Å². The van der Waals surface area contributed by atoms with E-state index in [1.54, 1.807) is 7.05 Å². The highest BCUT2D eigenvalue weighted by molar-refractivity contribution is 14.0. The second-order valence-corrected chi connectivity index (χ2v) is 6.94. The van der Waals surface area contributed by atoms with Gasteiger partial charge in [0.1, 0.15) is 6.54 Å². The Hall–Kier alpha value is -0.740. The van der Waals surface area contributed by atoms with Crippen LogP contribution in [0.25, 0.3) is 0 Å². The summed E-state index contributed by atoms with van der Waals surface area (Å²) in [5.74, 6) is -0.243. The fourth-order valence-corrected chi connectivity index (χ4v) is 1.80. The van der Waals surface area contributed by atoms with Crippen molar-refractivity contribution in [2.24, 2.45) is 10.4 Å². The van der Waals surface area contributed by atoms with Crippen molar-refractivity contribution in [3.05, 3.63) is 0 Å². The third kappa shape index (κ3) is 13.7. The Morgan fingerprint density at radius 1 is 1.25 bits per heavy atom. The molecule has 0 aliphatic carbocycles.